The van der Waals surface area contributed by atoms with Crippen LogP contribution in [0.4, 0.5) is 4.79 Å². The van der Waals surface area contributed by atoms with Crippen molar-refractivity contribution in [1.82, 2.24) is 15.1 Å². The van der Waals surface area contributed by atoms with Crippen molar-refractivity contribution in [3.63, 3.8) is 0 Å². The number of nitrogens with one attached hydrogen (secondary N) is 1. The number of piperidine rings is 1. The van der Waals surface area contributed by atoms with Crippen molar-refractivity contribution in [2.24, 2.45) is 0 Å². The lowest BCUT2D eigenvalue weighted by atomic mass is 9.84. The molecule has 4 amide bonds. The number of amides is 4. The summed E-state index contributed by atoms with van der Waals surface area (Å²) in [6.45, 7) is 0.915. The Kier molecular flexibility index (Phi) is 6.02. The number of likely N-dealkylation sites (tertiary alicyclic amines) is 1. The number of furan rings is 1. The topological polar surface area (TPSA) is 103 Å². The van der Waals surface area contributed by atoms with E-state index >= 15 is 0 Å². The van der Waals surface area contributed by atoms with E-state index in [4.69, 9.17) is 16.0 Å². The van der Waals surface area contributed by atoms with Gasteiger partial charge < -0.3 is 19.7 Å². The molecule has 0 saturated carbocycles. The zero-order valence-corrected chi connectivity index (χ0v) is 17.7. The minimum atomic E-state index is -0.983. The first kappa shape index (κ1) is 21.4. The number of hydrogen-bond acceptors (Lipinski definition) is 5. The van der Waals surface area contributed by atoms with Gasteiger partial charge in [0.1, 0.15) is 11.8 Å². The molecule has 0 bridgehead atoms. The Hall–Kier alpha value is -2.84. The molecule has 2 aliphatic heterocycles. The molecule has 0 aliphatic carbocycles. The van der Waals surface area contributed by atoms with Gasteiger partial charge in [0.05, 0.1) is 18.4 Å². The first-order chi connectivity index (χ1) is 14.9. The van der Waals surface area contributed by atoms with Crippen LogP contribution in [0.3, 0.4) is 0 Å². The number of benzene rings is 1. The van der Waals surface area contributed by atoms with Gasteiger partial charge in [0, 0.05) is 24.5 Å². The number of aliphatic hydroxyl groups is 1. The third kappa shape index (κ3) is 4.60. The summed E-state index contributed by atoms with van der Waals surface area (Å²) in [6.07, 6.45) is 2.71. The van der Waals surface area contributed by atoms with Crippen LogP contribution < -0.4 is 5.32 Å². The van der Waals surface area contributed by atoms with E-state index < -0.39 is 17.7 Å². The average Bonchev–Trinajstić information content (AvgIpc) is 3.37. The summed E-state index contributed by atoms with van der Waals surface area (Å²) in [6, 6.07) is 9.29. The highest BCUT2D eigenvalue weighted by Gasteiger charge is 2.39. The molecule has 9 heteroatoms. The zero-order valence-electron chi connectivity index (χ0n) is 16.9. The van der Waals surface area contributed by atoms with E-state index in [2.05, 4.69) is 5.32 Å². The van der Waals surface area contributed by atoms with Crippen LogP contribution in [0.5, 0.6) is 0 Å². The number of urea groups is 1. The van der Waals surface area contributed by atoms with E-state index in [-0.39, 0.29) is 31.2 Å². The minimum absolute atomic E-state index is 0.0670. The molecule has 0 unspecified atom stereocenters. The summed E-state index contributed by atoms with van der Waals surface area (Å²) < 4.78 is 5.20. The first-order valence-corrected chi connectivity index (χ1v) is 10.6. The summed E-state index contributed by atoms with van der Waals surface area (Å²) in [4.78, 5) is 40.1. The molecule has 2 fully saturated rings. The Bertz CT molecular complexity index is 952. The second-order valence-electron chi connectivity index (χ2n) is 7.96. The lowest BCUT2D eigenvalue weighted by Gasteiger charge is -2.38. The fourth-order valence-electron chi connectivity index (χ4n) is 4.08. The summed E-state index contributed by atoms with van der Waals surface area (Å²) in [7, 11) is 0. The van der Waals surface area contributed by atoms with Crippen LogP contribution in [0.2, 0.25) is 5.02 Å². The standard InChI is InChI=1S/C22H24ClN3O5/c23-16-5-3-15(4-6-16)22(30)9-11-25(12-10-22)19(27)8-7-18-20(28)26(21(29)24-18)14-17-2-1-13-31-17/h1-6,13,18,30H,7-12,14H2,(H,24,29)/t18-/m0/s1. The van der Waals surface area contributed by atoms with Gasteiger partial charge in [-0.1, -0.05) is 23.7 Å². The van der Waals surface area contributed by atoms with Crippen molar-refractivity contribution in [2.45, 2.75) is 43.9 Å². The highest BCUT2D eigenvalue weighted by atomic mass is 35.5. The van der Waals surface area contributed by atoms with E-state index in [0.717, 1.165) is 10.5 Å². The predicted molar refractivity (Wildman–Crippen MR) is 112 cm³/mol. The fourth-order valence-corrected chi connectivity index (χ4v) is 4.21. The number of rotatable bonds is 6. The van der Waals surface area contributed by atoms with Crippen LogP contribution in [-0.4, -0.2) is 51.9 Å². The molecule has 31 heavy (non-hydrogen) atoms. The highest BCUT2D eigenvalue weighted by Crippen LogP contribution is 2.33. The lowest BCUT2D eigenvalue weighted by molar-refractivity contribution is -0.136. The van der Waals surface area contributed by atoms with Gasteiger partial charge >= 0.3 is 6.03 Å². The van der Waals surface area contributed by atoms with Crippen LogP contribution in [-0.2, 0) is 21.7 Å². The molecule has 4 rings (SSSR count). The molecule has 1 aromatic heterocycles. The van der Waals surface area contributed by atoms with Gasteiger partial charge in [-0.2, -0.15) is 0 Å². The van der Waals surface area contributed by atoms with Gasteiger partial charge in [-0.05, 0) is 49.1 Å². The zero-order chi connectivity index (χ0) is 22.0. The Morgan fingerprint density at radius 3 is 2.55 bits per heavy atom. The van der Waals surface area contributed by atoms with E-state index in [0.29, 0.717) is 36.7 Å². The molecule has 1 atom stereocenters. The van der Waals surface area contributed by atoms with Crippen molar-refractivity contribution in [2.75, 3.05) is 13.1 Å². The fraction of sp³-hybridized carbons (Fsp3) is 0.409. The number of hydrogen-bond donors (Lipinski definition) is 2. The molecule has 3 heterocycles. The number of nitrogens with zero attached hydrogens (tertiary/aromatic N) is 2. The maximum absolute atomic E-state index is 12.6. The molecular formula is C22H24ClN3O5. The number of imide groups is 1. The summed E-state index contributed by atoms with van der Waals surface area (Å²) >= 11 is 5.92. The second-order valence-corrected chi connectivity index (χ2v) is 8.40. The van der Waals surface area contributed by atoms with Crippen LogP contribution in [0, 0.1) is 0 Å². The molecule has 2 N–H and O–H groups in total. The van der Waals surface area contributed by atoms with Crippen molar-refractivity contribution in [1.29, 1.82) is 0 Å². The average molecular weight is 446 g/mol. The Morgan fingerprint density at radius 1 is 1.19 bits per heavy atom. The molecule has 2 saturated heterocycles. The monoisotopic (exact) mass is 445 g/mol. The molecule has 2 aliphatic rings. The minimum Gasteiger partial charge on any atom is -0.467 e. The Labute approximate surface area is 184 Å². The van der Waals surface area contributed by atoms with E-state index in [1.807, 2.05) is 12.1 Å². The van der Waals surface area contributed by atoms with Crippen molar-refractivity contribution >= 4 is 29.4 Å². The van der Waals surface area contributed by atoms with Crippen LogP contribution >= 0.6 is 11.6 Å². The molecule has 0 spiro atoms. The van der Waals surface area contributed by atoms with E-state index in [1.54, 1.807) is 29.2 Å². The van der Waals surface area contributed by atoms with Gasteiger partial charge in [-0.25, -0.2) is 4.79 Å². The number of halogens is 1. The molecule has 164 valence electrons. The molecule has 0 radical (unpaired) electrons. The molecule has 1 aromatic carbocycles. The van der Waals surface area contributed by atoms with E-state index in [1.165, 1.54) is 6.26 Å². The van der Waals surface area contributed by atoms with E-state index in [9.17, 15) is 19.5 Å². The van der Waals surface area contributed by atoms with Crippen LogP contribution in [0.1, 0.15) is 37.0 Å². The summed E-state index contributed by atoms with van der Waals surface area (Å²) in [5.41, 5.74) is -0.191. The van der Waals surface area contributed by atoms with Crippen molar-refractivity contribution in [3.8, 4) is 0 Å². The van der Waals surface area contributed by atoms with Gasteiger partial charge in [0.2, 0.25) is 5.91 Å². The Morgan fingerprint density at radius 2 is 1.90 bits per heavy atom. The quantitative estimate of drug-likeness (QED) is 0.665. The van der Waals surface area contributed by atoms with Crippen molar-refractivity contribution < 1.29 is 23.9 Å². The number of carbonyl (C=O) groups is 3. The SMILES string of the molecule is O=C(CC[C@@H]1NC(=O)N(Cc2ccco2)C1=O)N1CCC(O)(c2ccc(Cl)cc2)CC1. The predicted octanol–water partition coefficient (Wildman–Crippen LogP) is 2.64. The molecule has 8 nitrogen and oxygen atoms in total. The maximum Gasteiger partial charge on any atom is 0.325 e. The second kappa shape index (κ2) is 8.72. The first-order valence-electron chi connectivity index (χ1n) is 10.3. The van der Waals surface area contributed by atoms with Crippen LogP contribution in [0.25, 0.3) is 0 Å². The van der Waals surface area contributed by atoms with Gasteiger partial charge in [0.15, 0.2) is 0 Å². The summed E-state index contributed by atoms with van der Waals surface area (Å²) in [5, 5.41) is 14.2. The van der Waals surface area contributed by atoms with Gasteiger partial charge in [0.25, 0.3) is 5.91 Å². The molecular weight excluding hydrogens is 422 g/mol. The number of carbonyl (C=O) groups excluding carboxylic acids is 3. The van der Waals surface area contributed by atoms with Crippen LogP contribution in [0.15, 0.2) is 47.1 Å². The lowest BCUT2D eigenvalue weighted by Crippen LogP contribution is -2.45. The smallest absolute Gasteiger partial charge is 0.325 e. The third-order valence-corrected chi connectivity index (χ3v) is 6.22. The maximum atomic E-state index is 12.6. The van der Waals surface area contributed by atoms with Crippen molar-refractivity contribution in [3.05, 3.63) is 59.0 Å². The Balaban J connectivity index is 1.27. The summed E-state index contributed by atoms with van der Waals surface area (Å²) in [5.74, 6) is 0.0661. The van der Waals surface area contributed by atoms with Gasteiger partial charge in [-0.3, -0.25) is 14.5 Å². The van der Waals surface area contributed by atoms with Gasteiger partial charge in [-0.15, -0.1) is 0 Å². The molecule has 2 aromatic rings. The highest BCUT2D eigenvalue weighted by molar-refractivity contribution is 6.30. The largest absolute Gasteiger partial charge is 0.467 e. The third-order valence-electron chi connectivity index (χ3n) is 5.97. The normalized spacial score (nSPS) is 20.8.